The van der Waals surface area contributed by atoms with Crippen LogP contribution in [0.25, 0.3) is 0 Å². The van der Waals surface area contributed by atoms with Crippen molar-refractivity contribution in [3.8, 4) is 5.75 Å². The molecule has 1 aromatic heterocycles. The number of sulfonamides is 1. The van der Waals surface area contributed by atoms with Gasteiger partial charge in [0, 0.05) is 30.3 Å². The molecule has 0 radical (unpaired) electrons. The molecule has 0 unspecified atom stereocenters. The summed E-state index contributed by atoms with van der Waals surface area (Å²) >= 11 is 0. The Balaban J connectivity index is 1.99. The summed E-state index contributed by atoms with van der Waals surface area (Å²) in [5.41, 5.74) is 1.13. The van der Waals surface area contributed by atoms with Gasteiger partial charge in [0.1, 0.15) is 17.5 Å². The summed E-state index contributed by atoms with van der Waals surface area (Å²) in [6, 6.07) is 4.57. The molecule has 0 saturated heterocycles. The van der Waals surface area contributed by atoms with Crippen LogP contribution in [0.15, 0.2) is 27.6 Å². The predicted molar refractivity (Wildman–Crippen MR) is 127 cm³/mol. The highest BCUT2D eigenvalue weighted by Gasteiger charge is 2.31. The molecule has 0 spiro atoms. The van der Waals surface area contributed by atoms with Gasteiger partial charge < -0.3 is 24.2 Å². The molecule has 1 aliphatic rings. The third kappa shape index (κ3) is 5.70. The van der Waals surface area contributed by atoms with E-state index in [-0.39, 0.29) is 53.3 Å². The van der Waals surface area contributed by atoms with Crippen molar-refractivity contribution in [2.45, 2.75) is 51.2 Å². The number of anilines is 1. The number of aliphatic hydroxyl groups excluding tert-OH is 1. The number of carbonyl (C=O) groups is 1. The molecule has 0 fully saturated rings. The number of aryl methyl sites for hydroxylation is 2. The van der Waals surface area contributed by atoms with Gasteiger partial charge in [0.05, 0.1) is 19.1 Å². The van der Waals surface area contributed by atoms with Crippen molar-refractivity contribution in [3.63, 3.8) is 0 Å². The molecule has 34 heavy (non-hydrogen) atoms. The maximum Gasteiger partial charge on any atom is 0.267 e. The van der Waals surface area contributed by atoms with Crippen molar-refractivity contribution in [2.24, 2.45) is 5.92 Å². The van der Waals surface area contributed by atoms with Gasteiger partial charge >= 0.3 is 0 Å². The van der Waals surface area contributed by atoms with E-state index in [2.05, 4.69) is 9.88 Å². The first kappa shape index (κ1) is 26.0. The zero-order valence-corrected chi connectivity index (χ0v) is 21.3. The van der Waals surface area contributed by atoms with Gasteiger partial charge in [-0.25, -0.2) is 8.42 Å². The molecule has 1 amide bonds. The van der Waals surface area contributed by atoms with E-state index in [1.807, 2.05) is 25.9 Å². The Hall–Kier alpha value is -2.63. The zero-order valence-electron chi connectivity index (χ0n) is 20.5. The maximum absolute atomic E-state index is 13.2. The van der Waals surface area contributed by atoms with Crippen molar-refractivity contribution < 1.29 is 27.6 Å². The third-order valence-electron chi connectivity index (χ3n) is 5.95. The van der Waals surface area contributed by atoms with E-state index in [4.69, 9.17) is 9.26 Å². The highest BCUT2D eigenvalue weighted by Crippen LogP contribution is 2.30. The highest BCUT2D eigenvalue weighted by molar-refractivity contribution is 7.92. The summed E-state index contributed by atoms with van der Waals surface area (Å²) in [7, 11) is -0.0330. The summed E-state index contributed by atoms with van der Waals surface area (Å²) in [4.78, 5) is 16.9. The second kappa shape index (κ2) is 10.3. The van der Waals surface area contributed by atoms with Crippen LogP contribution in [0.3, 0.4) is 0 Å². The van der Waals surface area contributed by atoms with Crippen molar-refractivity contribution in [2.75, 3.05) is 38.5 Å². The minimum atomic E-state index is -3.94. The molecule has 3 rings (SSSR count). The van der Waals surface area contributed by atoms with Crippen LogP contribution in [0.1, 0.15) is 30.9 Å². The first-order valence-electron chi connectivity index (χ1n) is 11.2. The summed E-state index contributed by atoms with van der Waals surface area (Å²) in [5, 5.41) is 13.4. The number of fused-ring (bicyclic) bond motifs is 1. The number of aliphatic hydroxyl groups is 1. The SMILES string of the molecule is Cc1noc(C)c1S(=O)(=O)Nc1ccc2c(c1)CC(=O)N([C@@H](C)CO)C[C@@H](C)[C@@H](CN(C)C)O2. The number of benzene rings is 1. The van der Waals surface area contributed by atoms with E-state index in [0.29, 0.717) is 30.1 Å². The zero-order chi connectivity index (χ0) is 25.2. The lowest BCUT2D eigenvalue weighted by Gasteiger charge is -2.33. The van der Waals surface area contributed by atoms with Crippen molar-refractivity contribution >= 4 is 21.6 Å². The second-order valence-electron chi connectivity index (χ2n) is 9.23. The van der Waals surface area contributed by atoms with Crippen LogP contribution in [0.2, 0.25) is 0 Å². The predicted octanol–water partition coefficient (Wildman–Crippen LogP) is 1.80. The summed E-state index contributed by atoms with van der Waals surface area (Å²) in [6.45, 7) is 7.85. The Morgan fingerprint density at radius 3 is 2.62 bits per heavy atom. The molecule has 2 aromatic rings. The van der Waals surface area contributed by atoms with E-state index in [0.717, 1.165) is 0 Å². The number of nitrogens with one attached hydrogen (secondary N) is 1. The maximum atomic E-state index is 13.2. The molecule has 11 heteroatoms. The van der Waals surface area contributed by atoms with Gasteiger partial charge in [-0.1, -0.05) is 12.1 Å². The normalized spacial score (nSPS) is 20.2. The average molecular weight is 495 g/mol. The number of aromatic nitrogens is 1. The second-order valence-corrected chi connectivity index (χ2v) is 10.9. The lowest BCUT2D eigenvalue weighted by Crippen LogP contribution is -2.47. The van der Waals surface area contributed by atoms with Gasteiger partial charge in [-0.05, 0) is 53.1 Å². The molecule has 0 aliphatic carbocycles. The van der Waals surface area contributed by atoms with Gasteiger partial charge in [-0.15, -0.1) is 0 Å². The molecule has 1 aromatic carbocycles. The van der Waals surface area contributed by atoms with Crippen LogP contribution in [0, 0.1) is 19.8 Å². The molecule has 10 nitrogen and oxygen atoms in total. The fourth-order valence-electron chi connectivity index (χ4n) is 4.14. The largest absolute Gasteiger partial charge is 0.488 e. The highest BCUT2D eigenvalue weighted by atomic mass is 32.2. The lowest BCUT2D eigenvalue weighted by atomic mass is 10.0. The van der Waals surface area contributed by atoms with Gasteiger partial charge in [0.15, 0.2) is 10.7 Å². The fourth-order valence-corrected chi connectivity index (χ4v) is 5.52. The van der Waals surface area contributed by atoms with Crippen molar-refractivity contribution in [3.05, 3.63) is 35.2 Å². The number of hydrogen-bond acceptors (Lipinski definition) is 8. The van der Waals surface area contributed by atoms with Gasteiger partial charge in [-0.2, -0.15) is 0 Å². The third-order valence-corrected chi connectivity index (χ3v) is 7.58. The molecule has 3 atom stereocenters. The Kier molecular flexibility index (Phi) is 7.89. The monoisotopic (exact) mass is 494 g/mol. The standard InChI is InChI=1S/C23H34N4O6S/c1-14-11-27(15(2)13-28)22(29)10-18-9-19(7-8-20(18)32-21(14)12-26(5)6)25-34(30,31)23-16(3)24-33-17(23)4/h7-9,14-15,21,25,28H,10-13H2,1-6H3/t14-,15+,21-/m1/s1. The molecule has 2 heterocycles. The first-order valence-corrected chi connectivity index (χ1v) is 12.7. The molecule has 0 saturated carbocycles. The summed E-state index contributed by atoms with van der Waals surface area (Å²) in [6.07, 6.45) is -0.194. The van der Waals surface area contributed by atoms with Gasteiger partial charge in [0.2, 0.25) is 5.91 Å². The first-order chi connectivity index (χ1) is 15.9. The van der Waals surface area contributed by atoms with Crippen LogP contribution in [0.5, 0.6) is 5.75 Å². The number of rotatable bonds is 7. The van der Waals surface area contributed by atoms with Crippen LogP contribution >= 0.6 is 0 Å². The molecule has 188 valence electrons. The molecular formula is C23H34N4O6S. The Morgan fingerprint density at radius 2 is 2.03 bits per heavy atom. The molecule has 1 aliphatic heterocycles. The average Bonchev–Trinajstić information content (AvgIpc) is 3.11. The van der Waals surface area contributed by atoms with Gasteiger partial charge in [-0.3, -0.25) is 9.52 Å². The Bertz CT molecular complexity index is 1110. The quantitative estimate of drug-likeness (QED) is 0.597. The van der Waals surface area contributed by atoms with E-state index < -0.39 is 10.0 Å². The minimum absolute atomic E-state index is 0.00372. The number of nitrogens with zero attached hydrogens (tertiary/aromatic N) is 3. The van der Waals surface area contributed by atoms with Crippen LogP contribution in [-0.2, 0) is 21.2 Å². The van der Waals surface area contributed by atoms with E-state index in [1.165, 1.54) is 6.92 Å². The lowest BCUT2D eigenvalue weighted by molar-refractivity contribution is -0.134. The van der Waals surface area contributed by atoms with Crippen LogP contribution in [0.4, 0.5) is 5.69 Å². The molecule has 0 bridgehead atoms. The summed E-state index contributed by atoms with van der Waals surface area (Å²) < 4.78 is 39.8. The minimum Gasteiger partial charge on any atom is -0.488 e. The topological polar surface area (TPSA) is 125 Å². The number of ether oxygens (including phenoxy) is 1. The van der Waals surface area contributed by atoms with Crippen molar-refractivity contribution in [1.82, 2.24) is 15.0 Å². The van der Waals surface area contributed by atoms with Crippen molar-refractivity contribution in [1.29, 1.82) is 0 Å². The summed E-state index contributed by atoms with van der Waals surface area (Å²) in [5.74, 6) is 0.574. The van der Waals surface area contributed by atoms with E-state index >= 15 is 0 Å². The van der Waals surface area contributed by atoms with Gasteiger partial charge in [0.25, 0.3) is 10.0 Å². The number of amides is 1. The smallest absolute Gasteiger partial charge is 0.267 e. The molecule has 2 N–H and O–H groups in total. The number of hydrogen-bond donors (Lipinski definition) is 2. The van der Waals surface area contributed by atoms with Crippen LogP contribution in [-0.4, -0.2) is 80.3 Å². The Morgan fingerprint density at radius 1 is 1.32 bits per heavy atom. The number of carbonyl (C=O) groups excluding carboxylic acids is 1. The fraction of sp³-hybridized carbons (Fsp3) is 0.565. The van der Waals surface area contributed by atoms with Crippen LogP contribution < -0.4 is 9.46 Å². The van der Waals surface area contributed by atoms with E-state index in [1.54, 1.807) is 36.9 Å². The molecular weight excluding hydrogens is 460 g/mol. The number of likely N-dealkylation sites (N-methyl/N-ethyl adjacent to an activating group) is 1. The van der Waals surface area contributed by atoms with E-state index in [9.17, 15) is 18.3 Å². The Labute approximate surface area is 200 Å².